The Morgan fingerprint density at radius 3 is 2.69 bits per heavy atom. The summed E-state index contributed by atoms with van der Waals surface area (Å²) < 4.78 is 6.76. The molecule has 0 saturated heterocycles. The van der Waals surface area contributed by atoms with E-state index in [1.165, 1.54) is 0 Å². The van der Waals surface area contributed by atoms with Crippen molar-refractivity contribution < 1.29 is 4.42 Å². The number of benzene rings is 1. The molecule has 0 aliphatic heterocycles. The highest BCUT2D eigenvalue weighted by molar-refractivity contribution is 9.10. The van der Waals surface area contributed by atoms with Gasteiger partial charge in [0.25, 0.3) is 0 Å². The third-order valence-corrected chi connectivity index (χ3v) is 2.56. The van der Waals surface area contributed by atoms with Gasteiger partial charge in [0.15, 0.2) is 0 Å². The predicted molar refractivity (Wildman–Crippen MR) is 58.0 cm³/mol. The van der Waals surface area contributed by atoms with Gasteiger partial charge >= 0.3 is 0 Å². The molecule has 68 valence electrons. The van der Waals surface area contributed by atoms with Crippen LogP contribution in [0.2, 0.25) is 0 Å². The number of halogens is 1. The van der Waals surface area contributed by atoms with Gasteiger partial charge in [0.2, 0.25) is 0 Å². The number of fused-ring (bicyclic) bond motifs is 1. The minimum absolute atomic E-state index is 0.450. The number of furan rings is 1. The van der Waals surface area contributed by atoms with Gasteiger partial charge < -0.3 is 4.42 Å². The number of hydrogen-bond acceptors (Lipinski definition) is 1. The zero-order chi connectivity index (χ0) is 9.42. The maximum absolute atomic E-state index is 5.66. The molecule has 0 saturated carbocycles. The molecule has 2 aromatic rings. The van der Waals surface area contributed by atoms with Crippen LogP contribution in [0.5, 0.6) is 0 Å². The predicted octanol–water partition coefficient (Wildman–Crippen LogP) is 4.32. The molecule has 0 unspecified atom stereocenters. The van der Waals surface area contributed by atoms with Gasteiger partial charge in [0.05, 0.1) is 0 Å². The third-order valence-electron chi connectivity index (χ3n) is 2.07. The van der Waals surface area contributed by atoms with E-state index < -0.39 is 0 Å². The van der Waals surface area contributed by atoms with E-state index in [9.17, 15) is 0 Å². The zero-order valence-electron chi connectivity index (χ0n) is 7.67. The standard InChI is InChI=1S/C11H11BrO/c1-7(2)11-6-8-5-9(12)3-4-10(8)13-11/h3-7H,1-2H3. The zero-order valence-corrected chi connectivity index (χ0v) is 9.26. The second kappa shape index (κ2) is 3.18. The smallest absolute Gasteiger partial charge is 0.134 e. The molecule has 0 aliphatic rings. The van der Waals surface area contributed by atoms with Crippen molar-refractivity contribution in [2.75, 3.05) is 0 Å². The minimum atomic E-state index is 0.450. The van der Waals surface area contributed by atoms with Crippen LogP contribution in [0.15, 0.2) is 33.2 Å². The molecule has 2 rings (SSSR count). The highest BCUT2D eigenvalue weighted by Crippen LogP contribution is 2.26. The molecule has 2 heteroatoms. The molecule has 0 aliphatic carbocycles. The summed E-state index contributed by atoms with van der Waals surface area (Å²) in [6, 6.07) is 8.16. The van der Waals surface area contributed by atoms with Crippen molar-refractivity contribution in [3.05, 3.63) is 34.5 Å². The maximum atomic E-state index is 5.66. The van der Waals surface area contributed by atoms with E-state index >= 15 is 0 Å². The molecule has 1 aromatic heterocycles. The van der Waals surface area contributed by atoms with Crippen LogP contribution in [-0.2, 0) is 0 Å². The van der Waals surface area contributed by atoms with Gasteiger partial charge in [0, 0.05) is 15.8 Å². The second-order valence-corrected chi connectivity index (χ2v) is 4.40. The Kier molecular flexibility index (Phi) is 2.16. The molecule has 0 bridgehead atoms. The van der Waals surface area contributed by atoms with Crippen molar-refractivity contribution in [2.45, 2.75) is 19.8 Å². The van der Waals surface area contributed by atoms with E-state index in [-0.39, 0.29) is 0 Å². The average Bonchev–Trinajstić information content (AvgIpc) is 2.46. The topological polar surface area (TPSA) is 13.1 Å². The van der Waals surface area contributed by atoms with Crippen molar-refractivity contribution in [1.29, 1.82) is 0 Å². The van der Waals surface area contributed by atoms with E-state index in [2.05, 4.69) is 41.9 Å². The molecule has 0 amide bonds. The van der Waals surface area contributed by atoms with Crippen LogP contribution < -0.4 is 0 Å². The lowest BCUT2D eigenvalue weighted by Gasteiger charge is -1.95. The van der Waals surface area contributed by atoms with E-state index in [1.54, 1.807) is 0 Å². The van der Waals surface area contributed by atoms with Gasteiger partial charge in [-0.3, -0.25) is 0 Å². The van der Waals surface area contributed by atoms with E-state index in [1.807, 2.05) is 12.1 Å². The Morgan fingerprint density at radius 2 is 2.00 bits per heavy atom. The quantitative estimate of drug-likeness (QED) is 0.722. The largest absolute Gasteiger partial charge is 0.461 e. The second-order valence-electron chi connectivity index (χ2n) is 3.49. The average molecular weight is 239 g/mol. The van der Waals surface area contributed by atoms with Crippen molar-refractivity contribution >= 4 is 26.9 Å². The molecule has 1 heterocycles. The van der Waals surface area contributed by atoms with Crippen LogP contribution in [-0.4, -0.2) is 0 Å². The van der Waals surface area contributed by atoms with Crippen LogP contribution >= 0.6 is 15.9 Å². The lowest BCUT2D eigenvalue weighted by atomic mass is 10.1. The lowest BCUT2D eigenvalue weighted by Crippen LogP contribution is -1.79. The normalized spacial score (nSPS) is 11.4. The van der Waals surface area contributed by atoms with Crippen molar-refractivity contribution in [3.8, 4) is 0 Å². The highest BCUT2D eigenvalue weighted by atomic mass is 79.9. The molecule has 0 spiro atoms. The van der Waals surface area contributed by atoms with Crippen molar-refractivity contribution in [3.63, 3.8) is 0 Å². The summed E-state index contributed by atoms with van der Waals surface area (Å²) >= 11 is 3.44. The summed E-state index contributed by atoms with van der Waals surface area (Å²) in [4.78, 5) is 0. The van der Waals surface area contributed by atoms with Crippen LogP contribution in [0.1, 0.15) is 25.5 Å². The summed E-state index contributed by atoms with van der Waals surface area (Å²) in [6.07, 6.45) is 0. The van der Waals surface area contributed by atoms with Crippen LogP contribution in [0.25, 0.3) is 11.0 Å². The first-order valence-corrected chi connectivity index (χ1v) is 5.15. The fourth-order valence-corrected chi connectivity index (χ4v) is 1.70. The molecular formula is C11H11BrO. The molecule has 13 heavy (non-hydrogen) atoms. The van der Waals surface area contributed by atoms with Crippen molar-refractivity contribution in [2.24, 2.45) is 0 Å². The summed E-state index contributed by atoms with van der Waals surface area (Å²) in [5, 5.41) is 1.16. The Balaban J connectivity index is 2.62. The molecule has 0 N–H and O–H groups in total. The summed E-state index contributed by atoms with van der Waals surface area (Å²) in [5.41, 5.74) is 0.965. The van der Waals surface area contributed by atoms with E-state index in [0.29, 0.717) is 5.92 Å². The van der Waals surface area contributed by atoms with Gasteiger partial charge in [-0.25, -0.2) is 0 Å². The third kappa shape index (κ3) is 1.63. The fourth-order valence-electron chi connectivity index (χ4n) is 1.32. The van der Waals surface area contributed by atoms with Gasteiger partial charge in [-0.15, -0.1) is 0 Å². The minimum Gasteiger partial charge on any atom is -0.461 e. The molecule has 1 nitrogen and oxygen atoms in total. The van der Waals surface area contributed by atoms with Gasteiger partial charge in [0.1, 0.15) is 11.3 Å². The van der Waals surface area contributed by atoms with Gasteiger partial charge in [-0.2, -0.15) is 0 Å². The Hall–Kier alpha value is -0.760. The number of rotatable bonds is 1. The van der Waals surface area contributed by atoms with E-state index in [4.69, 9.17) is 4.42 Å². The Labute approximate surface area is 85.9 Å². The SMILES string of the molecule is CC(C)c1cc2cc(Br)ccc2o1. The first-order valence-electron chi connectivity index (χ1n) is 4.36. The summed E-state index contributed by atoms with van der Waals surface area (Å²) in [6.45, 7) is 4.26. The van der Waals surface area contributed by atoms with Crippen LogP contribution in [0, 0.1) is 0 Å². The Morgan fingerprint density at radius 1 is 1.23 bits per heavy atom. The molecule has 0 atom stereocenters. The molecular weight excluding hydrogens is 228 g/mol. The fraction of sp³-hybridized carbons (Fsp3) is 0.273. The van der Waals surface area contributed by atoms with Gasteiger partial charge in [-0.05, 0) is 24.3 Å². The number of hydrogen-bond donors (Lipinski definition) is 0. The molecule has 1 aromatic carbocycles. The first-order chi connectivity index (χ1) is 6.16. The van der Waals surface area contributed by atoms with E-state index in [0.717, 1.165) is 21.2 Å². The highest BCUT2D eigenvalue weighted by Gasteiger charge is 2.06. The monoisotopic (exact) mass is 238 g/mol. The van der Waals surface area contributed by atoms with Crippen LogP contribution in [0.4, 0.5) is 0 Å². The summed E-state index contributed by atoms with van der Waals surface area (Å²) in [7, 11) is 0. The maximum Gasteiger partial charge on any atom is 0.134 e. The van der Waals surface area contributed by atoms with Crippen molar-refractivity contribution in [1.82, 2.24) is 0 Å². The first kappa shape index (κ1) is 8.82. The van der Waals surface area contributed by atoms with Gasteiger partial charge in [-0.1, -0.05) is 29.8 Å². The Bertz CT molecular complexity index is 429. The molecule has 0 radical (unpaired) electrons. The molecule has 0 fully saturated rings. The lowest BCUT2D eigenvalue weighted by molar-refractivity contribution is 0.522. The van der Waals surface area contributed by atoms with Crippen LogP contribution in [0.3, 0.4) is 0 Å². The summed E-state index contributed by atoms with van der Waals surface area (Å²) in [5.74, 6) is 1.50.